The summed E-state index contributed by atoms with van der Waals surface area (Å²) >= 11 is 3.71. The highest BCUT2D eigenvalue weighted by molar-refractivity contribution is 8.00. The number of hydrogen-bond donors (Lipinski definition) is 1. The standard InChI is InChI=1S/C9H15N3S2/c1-12(2)9-11-7(6-14-9)3-10-8-4-13-5-8/h6,8,10H,3-5H2,1-2H3. The molecule has 1 N–H and O–H groups in total. The molecule has 2 rings (SSSR count). The second-order valence-corrected chi connectivity index (χ2v) is 5.54. The number of aromatic nitrogens is 1. The third kappa shape index (κ3) is 2.40. The van der Waals surface area contributed by atoms with E-state index in [1.807, 2.05) is 30.8 Å². The smallest absolute Gasteiger partial charge is 0.185 e. The van der Waals surface area contributed by atoms with Crippen molar-refractivity contribution in [3.63, 3.8) is 0 Å². The van der Waals surface area contributed by atoms with Gasteiger partial charge in [0.1, 0.15) is 0 Å². The minimum Gasteiger partial charge on any atom is -0.354 e. The van der Waals surface area contributed by atoms with Crippen molar-refractivity contribution in [2.45, 2.75) is 12.6 Å². The van der Waals surface area contributed by atoms with Gasteiger partial charge in [-0.25, -0.2) is 4.98 Å². The zero-order chi connectivity index (χ0) is 9.97. The zero-order valence-electron chi connectivity index (χ0n) is 8.49. The first-order valence-corrected chi connectivity index (χ1v) is 6.72. The van der Waals surface area contributed by atoms with Crippen molar-refractivity contribution >= 4 is 28.2 Å². The van der Waals surface area contributed by atoms with E-state index >= 15 is 0 Å². The minimum absolute atomic E-state index is 0.713. The highest BCUT2D eigenvalue weighted by Crippen LogP contribution is 2.20. The normalized spacial score (nSPS) is 16.7. The van der Waals surface area contributed by atoms with E-state index in [-0.39, 0.29) is 0 Å². The molecule has 78 valence electrons. The largest absolute Gasteiger partial charge is 0.354 e. The van der Waals surface area contributed by atoms with Crippen molar-refractivity contribution in [1.29, 1.82) is 0 Å². The van der Waals surface area contributed by atoms with Gasteiger partial charge < -0.3 is 10.2 Å². The molecule has 3 nitrogen and oxygen atoms in total. The molecule has 1 aliphatic rings. The quantitative estimate of drug-likeness (QED) is 0.845. The lowest BCUT2D eigenvalue weighted by Crippen LogP contribution is -2.39. The van der Waals surface area contributed by atoms with Crippen molar-refractivity contribution in [2.24, 2.45) is 0 Å². The van der Waals surface area contributed by atoms with Crippen LogP contribution in [0.3, 0.4) is 0 Å². The summed E-state index contributed by atoms with van der Waals surface area (Å²) < 4.78 is 0. The molecule has 0 aromatic carbocycles. The summed E-state index contributed by atoms with van der Waals surface area (Å²) in [6, 6.07) is 0.713. The summed E-state index contributed by atoms with van der Waals surface area (Å²) in [7, 11) is 4.05. The summed E-state index contributed by atoms with van der Waals surface area (Å²) in [6.07, 6.45) is 0. The van der Waals surface area contributed by atoms with Gasteiger partial charge in [0.05, 0.1) is 5.69 Å². The fourth-order valence-corrected chi connectivity index (χ4v) is 2.65. The summed E-state index contributed by atoms with van der Waals surface area (Å²) in [5, 5.41) is 6.71. The van der Waals surface area contributed by atoms with Gasteiger partial charge in [-0.2, -0.15) is 11.8 Å². The van der Waals surface area contributed by atoms with Crippen molar-refractivity contribution < 1.29 is 0 Å². The van der Waals surface area contributed by atoms with Crippen LogP contribution >= 0.6 is 23.1 Å². The van der Waals surface area contributed by atoms with E-state index in [1.165, 1.54) is 11.5 Å². The fraction of sp³-hybridized carbons (Fsp3) is 0.667. The molecule has 2 heterocycles. The predicted octanol–water partition coefficient (Wildman–Crippen LogP) is 1.41. The first-order valence-electron chi connectivity index (χ1n) is 4.68. The first-order chi connectivity index (χ1) is 6.75. The van der Waals surface area contributed by atoms with Crippen molar-refractivity contribution in [1.82, 2.24) is 10.3 Å². The molecule has 1 aromatic rings. The number of nitrogens with zero attached hydrogens (tertiary/aromatic N) is 2. The molecule has 0 atom stereocenters. The van der Waals surface area contributed by atoms with Crippen LogP contribution in [0.25, 0.3) is 0 Å². The van der Waals surface area contributed by atoms with Crippen LogP contribution in [0.2, 0.25) is 0 Å². The second-order valence-electron chi connectivity index (χ2n) is 3.63. The maximum atomic E-state index is 4.52. The van der Waals surface area contributed by atoms with E-state index in [9.17, 15) is 0 Å². The fourth-order valence-electron chi connectivity index (χ4n) is 1.19. The Morgan fingerprint density at radius 2 is 2.36 bits per heavy atom. The Hall–Kier alpha value is -0.260. The van der Waals surface area contributed by atoms with Gasteiger partial charge in [-0.15, -0.1) is 11.3 Å². The van der Waals surface area contributed by atoms with Crippen LogP contribution in [0.1, 0.15) is 5.69 Å². The molecule has 0 aliphatic carbocycles. The van der Waals surface area contributed by atoms with E-state index < -0.39 is 0 Å². The number of anilines is 1. The van der Waals surface area contributed by atoms with E-state index in [1.54, 1.807) is 11.3 Å². The maximum absolute atomic E-state index is 4.52. The van der Waals surface area contributed by atoms with Gasteiger partial charge >= 0.3 is 0 Å². The van der Waals surface area contributed by atoms with Gasteiger partial charge in [0.2, 0.25) is 0 Å². The van der Waals surface area contributed by atoms with Crippen LogP contribution in [-0.2, 0) is 6.54 Å². The van der Waals surface area contributed by atoms with E-state index in [0.717, 1.165) is 17.4 Å². The zero-order valence-corrected chi connectivity index (χ0v) is 10.1. The highest BCUT2D eigenvalue weighted by Gasteiger charge is 2.17. The van der Waals surface area contributed by atoms with Gasteiger partial charge in [-0.3, -0.25) is 0 Å². The monoisotopic (exact) mass is 229 g/mol. The Morgan fingerprint density at radius 3 is 2.86 bits per heavy atom. The van der Waals surface area contributed by atoms with Gasteiger partial charge in [0.15, 0.2) is 5.13 Å². The van der Waals surface area contributed by atoms with Crippen LogP contribution in [-0.4, -0.2) is 36.6 Å². The molecule has 1 aliphatic heterocycles. The predicted molar refractivity (Wildman–Crippen MR) is 64.4 cm³/mol. The Labute approximate surface area is 92.9 Å². The second kappa shape index (κ2) is 4.51. The molecule has 0 unspecified atom stereocenters. The summed E-state index contributed by atoms with van der Waals surface area (Å²) in [5.74, 6) is 2.51. The van der Waals surface area contributed by atoms with Crippen LogP contribution < -0.4 is 10.2 Å². The van der Waals surface area contributed by atoms with Crippen LogP contribution in [0.5, 0.6) is 0 Å². The molecular formula is C9H15N3S2. The van der Waals surface area contributed by atoms with Crippen molar-refractivity contribution in [2.75, 3.05) is 30.5 Å². The summed E-state index contributed by atoms with van der Waals surface area (Å²) in [6.45, 7) is 0.912. The minimum atomic E-state index is 0.713. The van der Waals surface area contributed by atoms with Gasteiger partial charge in [0.25, 0.3) is 0 Å². The molecule has 14 heavy (non-hydrogen) atoms. The number of rotatable bonds is 4. The summed E-state index contributed by atoms with van der Waals surface area (Å²) in [5.41, 5.74) is 1.16. The third-order valence-electron chi connectivity index (χ3n) is 2.13. The molecule has 5 heteroatoms. The maximum Gasteiger partial charge on any atom is 0.185 e. The van der Waals surface area contributed by atoms with Gasteiger partial charge in [0, 0.05) is 43.6 Å². The molecule has 1 fully saturated rings. The number of thioether (sulfide) groups is 1. The summed E-state index contributed by atoms with van der Waals surface area (Å²) in [4.78, 5) is 6.56. The van der Waals surface area contributed by atoms with Crippen molar-refractivity contribution in [3.8, 4) is 0 Å². The number of hydrogen-bond acceptors (Lipinski definition) is 5. The van der Waals surface area contributed by atoms with Crippen LogP contribution in [0, 0.1) is 0 Å². The average molecular weight is 229 g/mol. The van der Waals surface area contributed by atoms with Gasteiger partial charge in [-0.1, -0.05) is 0 Å². The lowest BCUT2D eigenvalue weighted by Gasteiger charge is -2.25. The Kier molecular flexibility index (Phi) is 3.30. The Bertz CT molecular complexity index is 294. The molecule has 1 saturated heterocycles. The first kappa shape index (κ1) is 10.3. The SMILES string of the molecule is CN(C)c1nc(CNC2CSC2)cs1. The van der Waals surface area contributed by atoms with Crippen LogP contribution in [0.15, 0.2) is 5.38 Å². The lowest BCUT2D eigenvalue weighted by molar-refractivity contribution is 0.577. The van der Waals surface area contributed by atoms with Crippen LogP contribution in [0.4, 0.5) is 5.13 Å². The molecule has 1 aromatic heterocycles. The van der Waals surface area contributed by atoms with E-state index in [0.29, 0.717) is 6.04 Å². The molecule has 0 spiro atoms. The molecule has 0 radical (unpaired) electrons. The molecule has 0 saturated carbocycles. The van der Waals surface area contributed by atoms with E-state index in [2.05, 4.69) is 15.7 Å². The third-order valence-corrected chi connectivity index (χ3v) is 4.47. The number of thiazole rings is 1. The number of nitrogens with one attached hydrogen (secondary N) is 1. The van der Waals surface area contributed by atoms with Gasteiger partial charge in [-0.05, 0) is 0 Å². The Morgan fingerprint density at radius 1 is 1.57 bits per heavy atom. The molecular weight excluding hydrogens is 214 g/mol. The van der Waals surface area contributed by atoms with Crippen molar-refractivity contribution in [3.05, 3.63) is 11.1 Å². The molecule has 0 bridgehead atoms. The van der Waals surface area contributed by atoms with E-state index in [4.69, 9.17) is 0 Å². The molecule has 0 amide bonds. The average Bonchev–Trinajstić information content (AvgIpc) is 2.50. The lowest BCUT2D eigenvalue weighted by atomic mass is 10.3. The highest BCUT2D eigenvalue weighted by atomic mass is 32.2. The Balaban J connectivity index is 1.83. The topological polar surface area (TPSA) is 28.2 Å².